The molecule has 6 heteroatoms. The third-order valence-corrected chi connectivity index (χ3v) is 7.65. The Morgan fingerprint density at radius 1 is 1.12 bits per heavy atom. The minimum Gasteiger partial charge on any atom is -0.375 e. The van der Waals surface area contributed by atoms with Gasteiger partial charge < -0.3 is 10.4 Å². The summed E-state index contributed by atoms with van der Waals surface area (Å²) in [7, 11) is 0. The number of hydrogen-bond acceptors (Lipinski definition) is 3. The van der Waals surface area contributed by atoms with Crippen molar-refractivity contribution in [3.05, 3.63) is 27.7 Å². The van der Waals surface area contributed by atoms with Crippen molar-refractivity contribution in [2.24, 2.45) is 23.2 Å². The maximum atomic E-state index is 13.4. The summed E-state index contributed by atoms with van der Waals surface area (Å²) >= 11 is 12.3. The van der Waals surface area contributed by atoms with Crippen LogP contribution in [0.1, 0.15) is 50.5 Å². The maximum Gasteiger partial charge on any atom is 0.261 e. The Morgan fingerprint density at radius 3 is 2.27 bits per heavy atom. The number of Topliss-reactive ketones (excluding diaryl/α,β-unsaturated/α-hetero) is 1. The minimum atomic E-state index is -1.91. The second-order valence-electron chi connectivity index (χ2n) is 8.92. The van der Waals surface area contributed by atoms with Crippen LogP contribution in [-0.2, 0) is 15.2 Å². The highest BCUT2D eigenvalue weighted by atomic mass is 35.5. The molecule has 0 aromatic heterocycles. The number of rotatable bonds is 3. The molecular formula is C20H21Cl2NO3. The zero-order valence-corrected chi connectivity index (χ0v) is 15.9. The predicted molar refractivity (Wildman–Crippen MR) is 99.2 cm³/mol. The van der Waals surface area contributed by atoms with Gasteiger partial charge in [-0.05, 0) is 68.4 Å². The molecule has 1 aliphatic heterocycles. The lowest BCUT2D eigenvalue weighted by atomic mass is 9.48. The molecule has 1 aromatic carbocycles. The van der Waals surface area contributed by atoms with Gasteiger partial charge >= 0.3 is 0 Å². The fourth-order valence-corrected chi connectivity index (χ4v) is 7.12. The first-order valence-corrected chi connectivity index (χ1v) is 10.1. The number of benzene rings is 1. The molecule has 1 amide bonds. The van der Waals surface area contributed by atoms with E-state index in [4.69, 9.17) is 23.2 Å². The second-order valence-corrected chi connectivity index (χ2v) is 9.77. The SMILES string of the molecule is O=C(CC1(O)C(=O)Nc2cc(Cl)cc(Cl)c21)C12CC3CC(CC(C3)C1)C2. The van der Waals surface area contributed by atoms with Gasteiger partial charge in [-0.15, -0.1) is 0 Å². The van der Waals surface area contributed by atoms with E-state index >= 15 is 0 Å². The number of carbonyl (C=O) groups is 2. The van der Waals surface area contributed by atoms with Gasteiger partial charge in [0, 0.05) is 22.4 Å². The van der Waals surface area contributed by atoms with Gasteiger partial charge in [0.1, 0.15) is 5.78 Å². The molecule has 4 fully saturated rings. The van der Waals surface area contributed by atoms with Crippen LogP contribution in [0.15, 0.2) is 12.1 Å². The van der Waals surface area contributed by atoms with Crippen molar-refractivity contribution < 1.29 is 14.7 Å². The molecule has 4 aliphatic carbocycles. The first-order valence-electron chi connectivity index (χ1n) is 9.36. The van der Waals surface area contributed by atoms with E-state index in [2.05, 4.69) is 5.32 Å². The Bertz CT molecular complexity index is 801. The average molecular weight is 394 g/mol. The molecule has 1 atom stereocenters. The van der Waals surface area contributed by atoms with Crippen molar-refractivity contribution in [2.45, 2.75) is 50.5 Å². The largest absolute Gasteiger partial charge is 0.375 e. The quantitative estimate of drug-likeness (QED) is 0.803. The number of halogens is 2. The zero-order valence-electron chi connectivity index (χ0n) is 14.4. The fourth-order valence-electron chi connectivity index (χ4n) is 6.47. The minimum absolute atomic E-state index is 0.0214. The van der Waals surface area contributed by atoms with Gasteiger partial charge in [0.05, 0.1) is 10.7 Å². The molecule has 138 valence electrons. The molecule has 1 aromatic rings. The van der Waals surface area contributed by atoms with Crippen LogP contribution in [0.2, 0.25) is 10.0 Å². The van der Waals surface area contributed by atoms with E-state index < -0.39 is 11.5 Å². The summed E-state index contributed by atoms with van der Waals surface area (Å²) in [5, 5.41) is 14.4. The number of hydrogen-bond donors (Lipinski definition) is 2. The van der Waals surface area contributed by atoms with Crippen molar-refractivity contribution in [1.82, 2.24) is 0 Å². The van der Waals surface area contributed by atoms with Gasteiger partial charge in [-0.1, -0.05) is 23.2 Å². The van der Waals surface area contributed by atoms with E-state index in [1.54, 1.807) is 6.07 Å². The Balaban J connectivity index is 1.48. The van der Waals surface area contributed by atoms with Crippen molar-refractivity contribution in [2.75, 3.05) is 5.32 Å². The normalized spacial score (nSPS) is 39.8. The van der Waals surface area contributed by atoms with Crippen LogP contribution >= 0.6 is 23.2 Å². The van der Waals surface area contributed by atoms with Crippen molar-refractivity contribution >= 4 is 40.6 Å². The topological polar surface area (TPSA) is 66.4 Å². The van der Waals surface area contributed by atoms with Crippen molar-refractivity contribution in [1.29, 1.82) is 0 Å². The number of fused-ring (bicyclic) bond motifs is 1. The molecule has 5 aliphatic rings. The summed E-state index contributed by atoms with van der Waals surface area (Å²) in [6, 6.07) is 3.07. The van der Waals surface area contributed by atoms with Crippen LogP contribution in [0.25, 0.3) is 0 Å². The highest BCUT2D eigenvalue weighted by Crippen LogP contribution is 2.61. The summed E-state index contributed by atoms with van der Waals surface area (Å²) in [6.07, 6.45) is 6.25. The van der Waals surface area contributed by atoms with Gasteiger partial charge in [0.25, 0.3) is 5.91 Å². The molecule has 26 heavy (non-hydrogen) atoms. The average Bonchev–Trinajstić information content (AvgIpc) is 2.76. The number of aliphatic hydroxyl groups is 1. The smallest absolute Gasteiger partial charge is 0.261 e. The van der Waals surface area contributed by atoms with E-state index in [1.165, 1.54) is 25.3 Å². The van der Waals surface area contributed by atoms with Crippen LogP contribution in [-0.4, -0.2) is 16.8 Å². The monoisotopic (exact) mass is 393 g/mol. The van der Waals surface area contributed by atoms with E-state index in [1.807, 2.05) is 0 Å². The molecular weight excluding hydrogens is 373 g/mol. The zero-order chi connectivity index (χ0) is 18.3. The fraction of sp³-hybridized carbons (Fsp3) is 0.600. The molecule has 1 heterocycles. The van der Waals surface area contributed by atoms with Crippen molar-refractivity contribution in [3.8, 4) is 0 Å². The number of anilines is 1. The molecule has 2 N–H and O–H groups in total. The summed E-state index contributed by atoms with van der Waals surface area (Å²) < 4.78 is 0. The lowest BCUT2D eigenvalue weighted by Crippen LogP contribution is -2.52. The van der Waals surface area contributed by atoms with Gasteiger partial charge in [-0.25, -0.2) is 0 Å². The van der Waals surface area contributed by atoms with E-state index in [0.29, 0.717) is 28.5 Å². The third kappa shape index (κ3) is 2.31. The molecule has 0 radical (unpaired) electrons. The summed E-state index contributed by atoms with van der Waals surface area (Å²) in [4.78, 5) is 25.9. The van der Waals surface area contributed by atoms with Gasteiger partial charge in [-0.2, -0.15) is 0 Å². The molecule has 0 spiro atoms. The Morgan fingerprint density at radius 2 is 1.69 bits per heavy atom. The van der Waals surface area contributed by atoms with Gasteiger partial charge in [-0.3, -0.25) is 9.59 Å². The lowest BCUT2D eigenvalue weighted by molar-refractivity contribution is -0.153. The van der Waals surface area contributed by atoms with Gasteiger partial charge in [0.15, 0.2) is 5.60 Å². The standard InChI is InChI=1S/C20H21Cl2NO3/c21-13-4-14(22)17-15(5-13)23-18(25)20(17,26)9-16(24)19-6-10-1-11(7-19)3-12(2-10)8-19/h4-5,10-12,26H,1-3,6-9H2,(H,23,25). The lowest BCUT2D eigenvalue weighted by Gasteiger charge is -2.56. The Kier molecular flexibility index (Phi) is 3.58. The number of carbonyl (C=O) groups excluding carboxylic acids is 2. The Labute approximate surface area is 162 Å². The van der Waals surface area contributed by atoms with Crippen LogP contribution < -0.4 is 5.32 Å². The van der Waals surface area contributed by atoms with Crippen LogP contribution in [0, 0.1) is 23.2 Å². The van der Waals surface area contributed by atoms with E-state index in [9.17, 15) is 14.7 Å². The highest BCUT2D eigenvalue weighted by Gasteiger charge is 2.57. The molecule has 4 nitrogen and oxygen atoms in total. The van der Waals surface area contributed by atoms with Gasteiger partial charge in [0.2, 0.25) is 0 Å². The number of nitrogens with one attached hydrogen (secondary N) is 1. The summed E-state index contributed by atoms with van der Waals surface area (Å²) in [6.45, 7) is 0. The van der Waals surface area contributed by atoms with Crippen molar-refractivity contribution in [3.63, 3.8) is 0 Å². The van der Waals surface area contributed by atoms with Crippen LogP contribution in [0.4, 0.5) is 5.69 Å². The summed E-state index contributed by atoms with van der Waals surface area (Å²) in [5.41, 5.74) is -1.58. The maximum absolute atomic E-state index is 13.4. The number of amides is 1. The third-order valence-electron chi connectivity index (χ3n) is 7.14. The molecule has 0 saturated heterocycles. The first kappa shape index (κ1) is 17.0. The molecule has 4 saturated carbocycles. The first-order chi connectivity index (χ1) is 12.3. The van der Waals surface area contributed by atoms with Crippen LogP contribution in [0.5, 0.6) is 0 Å². The molecule has 6 rings (SSSR count). The molecule has 1 unspecified atom stereocenters. The summed E-state index contributed by atoms with van der Waals surface area (Å²) in [5.74, 6) is 1.33. The number of ketones is 1. The van der Waals surface area contributed by atoms with E-state index in [-0.39, 0.29) is 28.2 Å². The predicted octanol–water partition coefficient (Wildman–Crippen LogP) is 4.31. The van der Waals surface area contributed by atoms with E-state index in [0.717, 1.165) is 19.3 Å². The second kappa shape index (κ2) is 5.46. The highest BCUT2D eigenvalue weighted by molar-refractivity contribution is 6.36. The molecule has 4 bridgehead atoms. The Hall–Kier alpha value is -1.10. The van der Waals surface area contributed by atoms with Crippen LogP contribution in [0.3, 0.4) is 0 Å².